The molecular weight excluding hydrogens is 238 g/mol. The Bertz CT molecular complexity index is 526. The Labute approximate surface area is 113 Å². The maximum atomic E-state index is 9.71. The van der Waals surface area contributed by atoms with Crippen LogP contribution in [0.2, 0.25) is 0 Å². The Morgan fingerprint density at radius 2 is 1.74 bits per heavy atom. The zero-order chi connectivity index (χ0) is 13.7. The fraction of sp³-hybridized carbons (Fsp3) is 0.250. The van der Waals surface area contributed by atoms with Gasteiger partial charge < -0.3 is 15.5 Å². The lowest BCUT2D eigenvalue weighted by Gasteiger charge is -2.14. The molecule has 0 saturated carbocycles. The van der Waals surface area contributed by atoms with E-state index in [0.29, 0.717) is 18.2 Å². The van der Waals surface area contributed by atoms with Crippen LogP contribution in [0.1, 0.15) is 18.1 Å². The Morgan fingerprint density at radius 3 is 2.47 bits per heavy atom. The molecule has 2 aromatic carbocycles. The summed E-state index contributed by atoms with van der Waals surface area (Å²) in [7, 11) is 0. The normalized spacial score (nSPS) is 12.3. The Balaban J connectivity index is 1.90. The molecule has 19 heavy (non-hydrogen) atoms. The monoisotopic (exact) mass is 257 g/mol. The average molecular weight is 257 g/mol. The Kier molecular flexibility index (Phi) is 4.42. The second-order valence-corrected chi connectivity index (χ2v) is 4.76. The minimum Gasteiger partial charge on any atom is -0.504 e. The van der Waals surface area contributed by atoms with E-state index >= 15 is 0 Å². The van der Waals surface area contributed by atoms with Gasteiger partial charge in [-0.1, -0.05) is 42.5 Å². The zero-order valence-electron chi connectivity index (χ0n) is 11.0. The van der Waals surface area contributed by atoms with Crippen LogP contribution < -0.4 is 5.32 Å². The fourth-order valence-corrected chi connectivity index (χ4v) is 2.04. The smallest absolute Gasteiger partial charge is 0.161 e. The van der Waals surface area contributed by atoms with Gasteiger partial charge in [0.05, 0.1) is 0 Å². The van der Waals surface area contributed by atoms with Gasteiger partial charge in [0.2, 0.25) is 0 Å². The van der Waals surface area contributed by atoms with E-state index in [0.717, 1.165) is 6.42 Å². The van der Waals surface area contributed by atoms with E-state index in [4.69, 9.17) is 0 Å². The molecule has 0 bridgehead atoms. The molecule has 0 aliphatic rings. The number of hydrogen-bond donors (Lipinski definition) is 3. The Morgan fingerprint density at radius 1 is 1.00 bits per heavy atom. The van der Waals surface area contributed by atoms with E-state index in [-0.39, 0.29) is 11.5 Å². The van der Waals surface area contributed by atoms with E-state index in [9.17, 15) is 10.2 Å². The van der Waals surface area contributed by atoms with Crippen molar-refractivity contribution in [3.63, 3.8) is 0 Å². The van der Waals surface area contributed by atoms with Crippen LogP contribution in [0, 0.1) is 0 Å². The van der Waals surface area contributed by atoms with Crippen molar-refractivity contribution in [2.75, 3.05) is 0 Å². The van der Waals surface area contributed by atoms with Crippen molar-refractivity contribution in [2.45, 2.75) is 25.9 Å². The number of phenols is 2. The molecule has 2 aromatic rings. The van der Waals surface area contributed by atoms with Crippen LogP contribution in [-0.4, -0.2) is 16.3 Å². The van der Waals surface area contributed by atoms with Crippen LogP contribution in [0.4, 0.5) is 0 Å². The number of para-hydroxylation sites is 1. The van der Waals surface area contributed by atoms with Crippen LogP contribution in [0.3, 0.4) is 0 Å². The summed E-state index contributed by atoms with van der Waals surface area (Å²) in [5, 5.41) is 22.5. The summed E-state index contributed by atoms with van der Waals surface area (Å²) in [6.07, 6.45) is 0.931. The molecule has 3 nitrogen and oxygen atoms in total. The van der Waals surface area contributed by atoms with Gasteiger partial charge in [-0.05, 0) is 25.0 Å². The van der Waals surface area contributed by atoms with Crippen molar-refractivity contribution < 1.29 is 10.2 Å². The predicted molar refractivity (Wildman–Crippen MR) is 76.2 cm³/mol. The molecule has 0 spiro atoms. The lowest BCUT2D eigenvalue weighted by Crippen LogP contribution is -2.27. The topological polar surface area (TPSA) is 52.5 Å². The second kappa shape index (κ2) is 6.25. The SMILES string of the molecule is CC(Cc1ccccc1)NCc1cccc(O)c1O. The van der Waals surface area contributed by atoms with Crippen molar-refractivity contribution in [3.8, 4) is 11.5 Å². The largest absolute Gasteiger partial charge is 0.504 e. The molecule has 3 N–H and O–H groups in total. The molecule has 100 valence electrons. The van der Waals surface area contributed by atoms with E-state index in [1.807, 2.05) is 18.2 Å². The average Bonchev–Trinajstić information content (AvgIpc) is 2.42. The summed E-state index contributed by atoms with van der Waals surface area (Å²) in [5.74, 6) is -0.114. The van der Waals surface area contributed by atoms with E-state index in [1.165, 1.54) is 11.6 Å². The van der Waals surface area contributed by atoms with Gasteiger partial charge in [-0.2, -0.15) is 0 Å². The number of benzene rings is 2. The summed E-state index contributed by atoms with van der Waals surface area (Å²) < 4.78 is 0. The van der Waals surface area contributed by atoms with Crippen molar-refractivity contribution in [3.05, 3.63) is 59.7 Å². The number of nitrogens with one attached hydrogen (secondary N) is 1. The maximum absolute atomic E-state index is 9.71. The highest BCUT2D eigenvalue weighted by molar-refractivity contribution is 5.44. The first kappa shape index (κ1) is 13.4. The third-order valence-corrected chi connectivity index (χ3v) is 3.12. The third-order valence-electron chi connectivity index (χ3n) is 3.12. The number of phenolic OH excluding ortho intramolecular Hbond substituents is 2. The molecule has 0 amide bonds. The number of aromatic hydroxyl groups is 2. The maximum Gasteiger partial charge on any atom is 0.161 e. The van der Waals surface area contributed by atoms with Crippen molar-refractivity contribution in [1.29, 1.82) is 0 Å². The molecule has 0 radical (unpaired) electrons. The van der Waals surface area contributed by atoms with Crippen LogP contribution in [0.5, 0.6) is 11.5 Å². The van der Waals surface area contributed by atoms with E-state index in [2.05, 4.69) is 24.4 Å². The van der Waals surface area contributed by atoms with Gasteiger partial charge in [-0.15, -0.1) is 0 Å². The van der Waals surface area contributed by atoms with Gasteiger partial charge in [0.1, 0.15) is 0 Å². The minimum atomic E-state index is -0.0741. The summed E-state index contributed by atoms with van der Waals surface area (Å²) in [4.78, 5) is 0. The summed E-state index contributed by atoms with van der Waals surface area (Å²) >= 11 is 0. The van der Waals surface area contributed by atoms with Gasteiger partial charge in [0.25, 0.3) is 0 Å². The molecule has 0 saturated heterocycles. The molecule has 1 unspecified atom stereocenters. The van der Waals surface area contributed by atoms with Gasteiger partial charge in [0, 0.05) is 18.2 Å². The summed E-state index contributed by atoms with van der Waals surface area (Å²) in [6.45, 7) is 2.64. The standard InChI is InChI=1S/C16H19NO2/c1-12(10-13-6-3-2-4-7-13)17-11-14-8-5-9-15(18)16(14)19/h2-9,12,17-19H,10-11H2,1H3. The Hall–Kier alpha value is -2.00. The first-order valence-electron chi connectivity index (χ1n) is 6.44. The zero-order valence-corrected chi connectivity index (χ0v) is 11.0. The third kappa shape index (κ3) is 3.73. The summed E-state index contributed by atoms with van der Waals surface area (Å²) in [6, 6.07) is 15.6. The lowest BCUT2D eigenvalue weighted by molar-refractivity contribution is 0.396. The first-order valence-corrected chi connectivity index (χ1v) is 6.44. The fourth-order valence-electron chi connectivity index (χ4n) is 2.04. The molecule has 3 heteroatoms. The molecule has 2 rings (SSSR count). The van der Waals surface area contributed by atoms with Crippen molar-refractivity contribution in [1.82, 2.24) is 5.32 Å². The van der Waals surface area contributed by atoms with Crippen LogP contribution in [-0.2, 0) is 13.0 Å². The molecule has 1 atom stereocenters. The lowest BCUT2D eigenvalue weighted by atomic mass is 10.1. The van der Waals surface area contributed by atoms with Gasteiger partial charge in [-0.25, -0.2) is 0 Å². The number of hydrogen-bond acceptors (Lipinski definition) is 3. The van der Waals surface area contributed by atoms with Crippen molar-refractivity contribution in [2.24, 2.45) is 0 Å². The number of rotatable bonds is 5. The van der Waals surface area contributed by atoms with Crippen molar-refractivity contribution >= 4 is 0 Å². The van der Waals surface area contributed by atoms with Gasteiger partial charge >= 0.3 is 0 Å². The van der Waals surface area contributed by atoms with Crippen LogP contribution in [0.25, 0.3) is 0 Å². The first-order chi connectivity index (χ1) is 9.16. The molecule has 0 aliphatic carbocycles. The second-order valence-electron chi connectivity index (χ2n) is 4.76. The van der Waals surface area contributed by atoms with E-state index < -0.39 is 0 Å². The molecule has 0 aliphatic heterocycles. The van der Waals surface area contributed by atoms with Gasteiger partial charge in [-0.3, -0.25) is 0 Å². The molecule has 0 fully saturated rings. The highest BCUT2D eigenvalue weighted by Gasteiger charge is 2.07. The summed E-state index contributed by atoms with van der Waals surface area (Å²) in [5.41, 5.74) is 1.99. The van der Waals surface area contributed by atoms with Crippen LogP contribution in [0.15, 0.2) is 48.5 Å². The quantitative estimate of drug-likeness (QED) is 0.722. The molecular formula is C16H19NO2. The van der Waals surface area contributed by atoms with Crippen LogP contribution >= 0.6 is 0 Å². The minimum absolute atomic E-state index is 0.0399. The molecule has 0 aromatic heterocycles. The highest BCUT2D eigenvalue weighted by Crippen LogP contribution is 2.27. The predicted octanol–water partition coefficient (Wildman–Crippen LogP) is 2.82. The highest BCUT2D eigenvalue weighted by atomic mass is 16.3. The van der Waals surface area contributed by atoms with Gasteiger partial charge in [0.15, 0.2) is 11.5 Å². The molecule has 0 heterocycles. The van der Waals surface area contributed by atoms with E-state index in [1.54, 1.807) is 12.1 Å².